The van der Waals surface area contributed by atoms with Crippen molar-refractivity contribution in [2.24, 2.45) is 5.73 Å². The normalized spacial score (nSPS) is 15.7. The Kier molecular flexibility index (Phi) is 3.95. The fourth-order valence-corrected chi connectivity index (χ4v) is 2.36. The maximum atomic E-state index is 11.9. The number of carbonyl (C=O) groups is 1. The summed E-state index contributed by atoms with van der Waals surface area (Å²) in [5, 5.41) is 0. The first kappa shape index (κ1) is 13.7. The molecule has 5 heteroatoms. The summed E-state index contributed by atoms with van der Waals surface area (Å²) in [6, 6.07) is 3.47. The van der Waals surface area contributed by atoms with E-state index in [0.29, 0.717) is 18.8 Å². The lowest BCUT2D eigenvalue weighted by Crippen LogP contribution is -2.44. The fourth-order valence-electron chi connectivity index (χ4n) is 2.36. The number of benzene rings is 1. The SMILES string of the molecule is COc1cc2c(cc1OC)CN(C(=O)[C@@H](C)N)CC2. The largest absolute Gasteiger partial charge is 0.493 e. The lowest BCUT2D eigenvalue weighted by atomic mass is 9.98. The molecule has 1 atom stereocenters. The van der Waals surface area contributed by atoms with Crippen molar-refractivity contribution in [3.05, 3.63) is 23.3 Å². The van der Waals surface area contributed by atoms with Gasteiger partial charge in [0.05, 0.1) is 20.3 Å². The van der Waals surface area contributed by atoms with E-state index in [1.807, 2.05) is 12.1 Å². The Hall–Kier alpha value is -1.75. The first-order valence-electron chi connectivity index (χ1n) is 6.35. The molecule has 0 fully saturated rings. The number of fused-ring (bicyclic) bond motifs is 1. The standard InChI is InChI=1S/C14H20N2O3/c1-9(15)14(17)16-5-4-10-6-12(18-2)13(19-3)7-11(10)8-16/h6-7,9H,4-5,8,15H2,1-3H3/t9-/m1/s1. The Balaban J connectivity index is 2.27. The minimum Gasteiger partial charge on any atom is -0.493 e. The maximum Gasteiger partial charge on any atom is 0.239 e. The fraction of sp³-hybridized carbons (Fsp3) is 0.500. The van der Waals surface area contributed by atoms with Gasteiger partial charge in [-0.2, -0.15) is 0 Å². The van der Waals surface area contributed by atoms with Crippen LogP contribution in [0.15, 0.2) is 12.1 Å². The number of ether oxygens (including phenoxy) is 2. The molecule has 0 aromatic heterocycles. The second kappa shape index (κ2) is 5.48. The summed E-state index contributed by atoms with van der Waals surface area (Å²) in [5.41, 5.74) is 7.95. The molecule has 0 radical (unpaired) electrons. The quantitative estimate of drug-likeness (QED) is 0.882. The van der Waals surface area contributed by atoms with Crippen LogP contribution in [-0.2, 0) is 17.8 Å². The number of nitrogens with zero attached hydrogens (tertiary/aromatic N) is 1. The van der Waals surface area contributed by atoms with E-state index >= 15 is 0 Å². The molecule has 0 saturated carbocycles. The van der Waals surface area contributed by atoms with Gasteiger partial charge in [-0.15, -0.1) is 0 Å². The van der Waals surface area contributed by atoms with Crippen molar-refractivity contribution >= 4 is 5.91 Å². The van der Waals surface area contributed by atoms with Gasteiger partial charge in [0.15, 0.2) is 11.5 Å². The van der Waals surface area contributed by atoms with Crippen LogP contribution >= 0.6 is 0 Å². The zero-order valence-electron chi connectivity index (χ0n) is 11.6. The van der Waals surface area contributed by atoms with Crippen LogP contribution in [0, 0.1) is 0 Å². The van der Waals surface area contributed by atoms with E-state index in [-0.39, 0.29) is 5.91 Å². The lowest BCUT2D eigenvalue weighted by molar-refractivity contribution is -0.133. The number of nitrogens with two attached hydrogens (primary N) is 1. The van der Waals surface area contributed by atoms with Crippen LogP contribution in [0.1, 0.15) is 18.1 Å². The topological polar surface area (TPSA) is 64.8 Å². The molecule has 1 aromatic carbocycles. The number of methoxy groups -OCH3 is 2. The van der Waals surface area contributed by atoms with Gasteiger partial charge >= 0.3 is 0 Å². The molecule has 0 aliphatic carbocycles. The second-order valence-electron chi connectivity index (χ2n) is 4.77. The molecule has 0 bridgehead atoms. The van der Waals surface area contributed by atoms with Gasteiger partial charge < -0.3 is 20.1 Å². The number of rotatable bonds is 3. The average Bonchev–Trinajstić information content (AvgIpc) is 2.44. The summed E-state index contributed by atoms with van der Waals surface area (Å²) in [6.07, 6.45) is 0.814. The molecule has 5 nitrogen and oxygen atoms in total. The van der Waals surface area contributed by atoms with E-state index < -0.39 is 6.04 Å². The smallest absolute Gasteiger partial charge is 0.239 e. The van der Waals surface area contributed by atoms with E-state index in [1.165, 1.54) is 5.56 Å². The monoisotopic (exact) mass is 264 g/mol. The van der Waals surface area contributed by atoms with Crippen LogP contribution in [-0.4, -0.2) is 37.6 Å². The molecular formula is C14H20N2O3. The predicted molar refractivity (Wildman–Crippen MR) is 72.3 cm³/mol. The molecule has 2 rings (SSSR count). The van der Waals surface area contributed by atoms with E-state index in [1.54, 1.807) is 26.0 Å². The summed E-state index contributed by atoms with van der Waals surface area (Å²) in [5.74, 6) is 1.41. The maximum absolute atomic E-state index is 11.9. The van der Waals surface area contributed by atoms with Gasteiger partial charge in [-0.25, -0.2) is 0 Å². The molecule has 0 unspecified atom stereocenters. The minimum atomic E-state index is -0.457. The molecule has 1 aliphatic heterocycles. The Morgan fingerprint density at radius 3 is 2.37 bits per heavy atom. The summed E-state index contributed by atoms with van der Waals surface area (Å²) in [4.78, 5) is 13.7. The van der Waals surface area contributed by atoms with Crippen LogP contribution < -0.4 is 15.2 Å². The average molecular weight is 264 g/mol. The van der Waals surface area contributed by atoms with E-state index in [9.17, 15) is 4.79 Å². The van der Waals surface area contributed by atoms with Gasteiger partial charge in [0.25, 0.3) is 0 Å². The van der Waals surface area contributed by atoms with Gasteiger partial charge in [-0.1, -0.05) is 0 Å². The third-order valence-electron chi connectivity index (χ3n) is 3.42. The highest BCUT2D eigenvalue weighted by molar-refractivity contribution is 5.81. The van der Waals surface area contributed by atoms with E-state index in [0.717, 1.165) is 17.7 Å². The molecule has 0 saturated heterocycles. The third-order valence-corrected chi connectivity index (χ3v) is 3.42. The summed E-state index contributed by atoms with van der Waals surface area (Å²) < 4.78 is 10.6. The molecule has 19 heavy (non-hydrogen) atoms. The second-order valence-corrected chi connectivity index (χ2v) is 4.77. The first-order chi connectivity index (χ1) is 9.06. The van der Waals surface area contributed by atoms with Crippen LogP contribution in [0.5, 0.6) is 11.5 Å². The Bertz CT molecular complexity index is 486. The molecule has 1 aromatic rings. The van der Waals surface area contributed by atoms with Crippen molar-refractivity contribution in [2.45, 2.75) is 25.9 Å². The van der Waals surface area contributed by atoms with Crippen molar-refractivity contribution in [3.8, 4) is 11.5 Å². The third kappa shape index (κ3) is 2.66. The highest BCUT2D eigenvalue weighted by atomic mass is 16.5. The highest BCUT2D eigenvalue weighted by Gasteiger charge is 2.24. The summed E-state index contributed by atoms with van der Waals surface area (Å²) >= 11 is 0. The molecular weight excluding hydrogens is 244 g/mol. The zero-order chi connectivity index (χ0) is 14.0. The summed E-state index contributed by atoms with van der Waals surface area (Å²) in [7, 11) is 3.23. The predicted octanol–water partition coefficient (Wildman–Crippen LogP) is 0.936. The first-order valence-corrected chi connectivity index (χ1v) is 6.35. The van der Waals surface area contributed by atoms with Crippen molar-refractivity contribution in [3.63, 3.8) is 0 Å². The molecule has 104 valence electrons. The lowest BCUT2D eigenvalue weighted by Gasteiger charge is -2.30. The van der Waals surface area contributed by atoms with Gasteiger partial charge in [0.1, 0.15) is 0 Å². The van der Waals surface area contributed by atoms with Crippen LogP contribution in [0.25, 0.3) is 0 Å². The zero-order valence-corrected chi connectivity index (χ0v) is 11.6. The van der Waals surface area contributed by atoms with Gasteiger partial charge in [0.2, 0.25) is 5.91 Å². The molecule has 0 spiro atoms. The van der Waals surface area contributed by atoms with E-state index in [2.05, 4.69) is 0 Å². The Morgan fingerprint density at radius 2 is 1.84 bits per heavy atom. The van der Waals surface area contributed by atoms with Crippen LogP contribution in [0.3, 0.4) is 0 Å². The number of hydrogen-bond donors (Lipinski definition) is 1. The molecule has 1 aliphatic rings. The van der Waals surface area contributed by atoms with Crippen LogP contribution in [0.4, 0.5) is 0 Å². The van der Waals surface area contributed by atoms with Crippen molar-refractivity contribution in [1.29, 1.82) is 0 Å². The molecule has 1 heterocycles. The number of carbonyl (C=O) groups excluding carboxylic acids is 1. The van der Waals surface area contributed by atoms with Crippen molar-refractivity contribution in [2.75, 3.05) is 20.8 Å². The number of amides is 1. The van der Waals surface area contributed by atoms with Crippen LogP contribution in [0.2, 0.25) is 0 Å². The molecule has 1 amide bonds. The van der Waals surface area contributed by atoms with E-state index in [4.69, 9.17) is 15.2 Å². The van der Waals surface area contributed by atoms with Gasteiger partial charge in [-0.3, -0.25) is 4.79 Å². The minimum absolute atomic E-state index is 0.0135. The summed E-state index contributed by atoms with van der Waals surface area (Å²) in [6.45, 7) is 2.99. The molecule has 2 N–H and O–H groups in total. The number of hydrogen-bond acceptors (Lipinski definition) is 4. The highest BCUT2D eigenvalue weighted by Crippen LogP contribution is 2.33. The van der Waals surface area contributed by atoms with Gasteiger partial charge in [-0.05, 0) is 36.6 Å². The Morgan fingerprint density at radius 1 is 1.26 bits per heavy atom. The van der Waals surface area contributed by atoms with Crippen molar-refractivity contribution in [1.82, 2.24) is 4.90 Å². The Labute approximate surface area is 113 Å². The van der Waals surface area contributed by atoms with Gasteiger partial charge in [0, 0.05) is 13.1 Å². The van der Waals surface area contributed by atoms with Crippen molar-refractivity contribution < 1.29 is 14.3 Å².